The standard InChI is InChI=1S/C23H49N2O6P/c1-6-8-10-11-12-13-15-17-23(27)24-21(22(26)16-14-9-7-2)20-31-32(28,29)30-19-18-25(3,4)5/h21-22,26H,6-20H2,1-5H3,(H-,24,27,28,29)/p+1. The smallest absolute Gasteiger partial charge is 0.391 e. The van der Waals surface area contributed by atoms with E-state index in [0.29, 0.717) is 23.9 Å². The lowest BCUT2D eigenvalue weighted by Crippen LogP contribution is -2.46. The summed E-state index contributed by atoms with van der Waals surface area (Å²) < 4.78 is 23.0. The van der Waals surface area contributed by atoms with Gasteiger partial charge >= 0.3 is 7.82 Å². The Morgan fingerprint density at radius 1 is 0.938 bits per heavy atom. The second-order valence-corrected chi connectivity index (χ2v) is 11.2. The number of carbonyl (C=O) groups excluding carboxylic acids is 1. The second-order valence-electron chi connectivity index (χ2n) is 9.72. The van der Waals surface area contributed by atoms with E-state index in [9.17, 15) is 19.4 Å². The molecule has 9 heteroatoms. The summed E-state index contributed by atoms with van der Waals surface area (Å²) >= 11 is 0. The molecule has 0 heterocycles. The van der Waals surface area contributed by atoms with Gasteiger partial charge in [0.15, 0.2) is 0 Å². The first kappa shape index (κ1) is 31.5. The lowest BCUT2D eigenvalue weighted by atomic mass is 10.0. The highest BCUT2D eigenvalue weighted by Gasteiger charge is 2.28. The van der Waals surface area contributed by atoms with Crippen LogP contribution in [0.4, 0.5) is 0 Å². The molecule has 0 saturated carbocycles. The molecule has 3 N–H and O–H groups in total. The molecule has 8 nitrogen and oxygen atoms in total. The van der Waals surface area contributed by atoms with E-state index in [0.717, 1.165) is 38.5 Å². The van der Waals surface area contributed by atoms with E-state index in [-0.39, 0.29) is 19.1 Å². The zero-order chi connectivity index (χ0) is 24.5. The molecule has 0 fully saturated rings. The van der Waals surface area contributed by atoms with Gasteiger partial charge in [0.1, 0.15) is 13.2 Å². The van der Waals surface area contributed by atoms with E-state index in [2.05, 4.69) is 19.2 Å². The number of aliphatic hydroxyl groups is 1. The minimum Gasteiger partial charge on any atom is -0.391 e. The highest BCUT2D eigenvalue weighted by molar-refractivity contribution is 7.47. The molecule has 0 aromatic heterocycles. The van der Waals surface area contributed by atoms with Crippen LogP contribution in [0.1, 0.15) is 90.9 Å². The van der Waals surface area contributed by atoms with Crippen LogP contribution in [0.5, 0.6) is 0 Å². The lowest BCUT2D eigenvalue weighted by Gasteiger charge is -2.26. The highest BCUT2D eigenvalue weighted by atomic mass is 31.2. The molecule has 3 atom stereocenters. The molecule has 0 spiro atoms. The monoisotopic (exact) mass is 481 g/mol. The number of phosphoric acid groups is 1. The van der Waals surface area contributed by atoms with Gasteiger partial charge in [-0.25, -0.2) is 4.57 Å². The predicted octanol–water partition coefficient (Wildman–Crippen LogP) is 4.39. The molecule has 0 aliphatic rings. The molecule has 0 aliphatic heterocycles. The Labute approximate surface area is 196 Å². The van der Waals surface area contributed by atoms with Gasteiger partial charge in [-0.2, -0.15) is 0 Å². The first-order valence-electron chi connectivity index (χ1n) is 12.4. The Morgan fingerprint density at radius 2 is 1.50 bits per heavy atom. The average molecular weight is 482 g/mol. The number of hydrogen-bond donors (Lipinski definition) is 3. The van der Waals surface area contributed by atoms with E-state index >= 15 is 0 Å². The van der Waals surface area contributed by atoms with Gasteiger partial charge in [-0.1, -0.05) is 71.6 Å². The molecule has 0 rings (SSSR count). The van der Waals surface area contributed by atoms with Gasteiger partial charge in [-0.3, -0.25) is 13.8 Å². The van der Waals surface area contributed by atoms with Crippen molar-refractivity contribution in [3.05, 3.63) is 0 Å². The Balaban J connectivity index is 4.57. The summed E-state index contributed by atoms with van der Waals surface area (Å²) in [6, 6.07) is -0.744. The summed E-state index contributed by atoms with van der Waals surface area (Å²) in [6.07, 6.45) is 10.7. The highest BCUT2D eigenvalue weighted by Crippen LogP contribution is 2.43. The number of nitrogens with zero attached hydrogens (tertiary/aromatic N) is 1. The van der Waals surface area contributed by atoms with Gasteiger partial charge in [0.05, 0.1) is 39.9 Å². The van der Waals surface area contributed by atoms with Crippen molar-refractivity contribution >= 4 is 13.7 Å². The number of amides is 1. The lowest BCUT2D eigenvalue weighted by molar-refractivity contribution is -0.870. The van der Waals surface area contributed by atoms with Crippen molar-refractivity contribution in [3.8, 4) is 0 Å². The van der Waals surface area contributed by atoms with Gasteiger partial charge in [-0.15, -0.1) is 0 Å². The minimum atomic E-state index is -4.26. The predicted molar refractivity (Wildman–Crippen MR) is 129 cm³/mol. The van der Waals surface area contributed by atoms with Crippen LogP contribution in [0, 0.1) is 0 Å². The largest absolute Gasteiger partial charge is 0.472 e. The van der Waals surface area contributed by atoms with E-state index in [4.69, 9.17) is 9.05 Å². The van der Waals surface area contributed by atoms with E-state index in [1.165, 1.54) is 25.7 Å². The third-order valence-corrected chi connectivity index (χ3v) is 6.34. The van der Waals surface area contributed by atoms with Gasteiger partial charge in [0, 0.05) is 6.42 Å². The molecule has 0 saturated heterocycles. The van der Waals surface area contributed by atoms with E-state index < -0.39 is 20.0 Å². The molecule has 0 aromatic rings. The number of nitrogens with one attached hydrogen (secondary N) is 1. The van der Waals surface area contributed by atoms with Crippen molar-refractivity contribution in [3.63, 3.8) is 0 Å². The van der Waals surface area contributed by atoms with Crippen LogP contribution in [0.25, 0.3) is 0 Å². The Kier molecular flexibility index (Phi) is 17.6. The maximum atomic E-state index is 12.4. The van der Waals surface area contributed by atoms with Gasteiger partial charge in [-0.05, 0) is 12.8 Å². The van der Waals surface area contributed by atoms with Crippen LogP contribution in [-0.4, -0.2) is 73.4 Å². The molecule has 32 heavy (non-hydrogen) atoms. The van der Waals surface area contributed by atoms with Crippen LogP contribution in [-0.2, 0) is 18.4 Å². The zero-order valence-electron chi connectivity index (χ0n) is 21.2. The number of unbranched alkanes of at least 4 members (excludes halogenated alkanes) is 8. The van der Waals surface area contributed by atoms with Crippen molar-refractivity contribution in [1.29, 1.82) is 0 Å². The quantitative estimate of drug-likeness (QED) is 0.128. The summed E-state index contributed by atoms with van der Waals surface area (Å²) in [4.78, 5) is 22.3. The fourth-order valence-electron chi connectivity index (χ4n) is 3.22. The van der Waals surface area contributed by atoms with Crippen molar-refractivity contribution in [2.24, 2.45) is 0 Å². The van der Waals surface area contributed by atoms with Crippen LogP contribution < -0.4 is 5.32 Å². The van der Waals surface area contributed by atoms with Crippen LogP contribution >= 0.6 is 7.82 Å². The number of quaternary nitrogens is 1. The number of hydrogen-bond acceptors (Lipinski definition) is 5. The van der Waals surface area contributed by atoms with Crippen molar-refractivity contribution in [2.75, 3.05) is 40.9 Å². The number of carbonyl (C=O) groups is 1. The summed E-state index contributed by atoms with van der Waals surface area (Å²) in [6.45, 7) is 4.62. The zero-order valence-corrected chi connectivity index (χ0v) is 22.1. The summed E-state index contributed by atoms with van der Waals surface area (Å²) in [5, 5.41) is 13.3. The van der Waals surface area contributed by atoms with Gasteiger partial charge < -0.3 is 19.8 Å². The van der Waals surface area contributed by atoms with Crippen molar-refractivity contribution < 1.29 is 32.9 Å². The normalized spacial score (nSPS) is 15.8. The maximum absolute atomic E-state index is 12.4. The molecule has 3 unspecified atom stereocenters. The topological polar surface area (TPSA) is 105 Å². The third kappa shape index (κ3) is 19.0. The number of aliphatic hydroxyl groups excluding tert-OH is 1. The Morgan fingerprint density at radius 3 is 2.09 bits per heavy atom. The van der Waals surface area contributed by atoms with E-state index in [1.54, 1.807) is 0 Å². The number of likely N-dealkylation sites (N-methyl/N-ethyl adjacent to an activating group) is 1. The van der Waals surface area contributed by atoms with Gasteiger partial charge in [0.25, 0.3) is 0 Å². The molecule has 192 valence electrons. The van der Waals surface area contributed by atoms with Crippen LogP contribution in [0.2, 0.25) is 0 Å². The maximum Gasteiger partial charge on any atom is 0.472 e. The second kappa shape index (κ2) is 17.9. The molecular formula is C23H50N2O6P+. The third-order valence-electron chi connectivity index (χ3n) is 5.36. The molecule has 0 bridgehead atoms. The summed E-state index contributed by atoms with van der Waals surface area (Å²) in [5.74, 6) is -0.166. The molecule has 1 amide bonds. The molecule has 0 aliphatic carbocycles. The Bertz CT molecular complexity index is 527. The molecule has 0 radical (unpaired) electrons. The van der Waals surface area contributed by atoms with Crippen molar-refractivity contribution in [1.82, 2.24) is 5.32 Å². The number of rotatable bonds is 21. The Hall–Kier alpha value is -0.500. The first-order chi connectivity index (χ1) is 15.0. The van der Waals surface area contributed by atoms with E-state index in [1.807, 2.05) is 21.1 Å². The summed E-state index contributed by atoms with van der Waals surface area (Å²) in [5.41, 5.74) is 0. The fourth-order valence-corrected chi connectivity index (χ4v) is 3.95. The number of phosphoric ester groups is 1. The van der Waals surface area contributed by atoms with Crippen molar-refractivity contribution in [2.45, 2.75) is 103 Å². The minimum absolute atomic E-state index is 0.0750. The first-order valence-corrected chi connectivity index (χ1v) is 13.9. The average Bonchev–Trinajstić information content (AvgIpc) is 2.69. The SMILES string of the molecule is CCCCCCCCCC(=O)NC(COP(=O)(O)OCC[N+](C)(C)C)C(O)CCCCC. The van der Waals surface area contributed by atoms with Gasteiger partial charge in [0.2, 0.25) is 5.91 Å². The van der Waals surface area contributed by atoms with Crippen LogP contribution in [0.15, 0.2) is 0 Å². The van der Waals surface area contributed by atoms with Crippen LogP contribution in [0.3, 0.4) is 0 Å². The molecule has 0 aromatic carbocycles. The summed E-state index contributed by atoms with van der Waals surface area (Å²) in [7, 11) is 1.60. The fraction of sp³-hybridized carbons (Fsp3) is 0.957. The molecular weight excluding hydrogens is 431 g/mol.